The first-order valence-corrected chi connectivity index (χ1v) is 7.45. The Balaban J connectivity index is 2.04. The Morgan fingerprint density at radius 1 is 0.955 bits per heavy atom. The molecule has 0 radical (unpaired) electrons. The van der Waals surface area contributed by atoms with E-state index in [0.717, 1.165) is 5.56 Å². The Morgan fingerprint density at radius 2 is 1.55 bits per heavy atom. The Labute approximate surface area is 127 Å². The molecule has 2 aromatic rings. The number of phenols is 1. The van der Waals surface area contributed by atoms with Crippen LogP contribution in [-0.4, -0.2) is 12.2 Å². The Morgan fingerprint density at radius 3 is 2.18 bits per heavy atom. The summed E-state index contributed by atoms with van der Waals surface area (Å²) in [5.41, 5.74) is 2.06. The van der Waals surface area contributed by atoms with Gasteiger partial charge in [0.15, 0.2) is 0 Å². The second-order valence-electron chi connectivity index (χ2n) is 6.11. The van der Waals surface area contributed by atoms with E-state index in [-0.39, 0.29) is 17.4 Å². The number of halogens is 2. The second-order valence-corrected chi connectivity index (χ2v) is 6.11. The van der Waals surface area contributed by atoms with Crippen LogP contribution in [-0.2, 0) is 18.3 Å². The summed E-state index contributed by atoms with van der Waals surface area (Å²) >= 11 is 0. The summed E-state index contributed by atoms with van der Waals surface area (Å²) in [5, 5.41) is 10.3. The molecule has 0 bridgehead atoms. The molecule has 2 aliphatic carbocycles. The molecule has 114 valence electrons. The third kappa shape index (κ3) is 1.52. The number of aromatic hydroxyl groups is 1. The standard InChI is InChI=1S/C18H16F2O2/c1-22-15-5-3-13(20)11-7-9-18(17(11)15)8-6-10-12(19)2-4-14(21)16(10)18/h2-5,21H,6-9H2,1H3. The van der Waals surface area contributed by atoms with Gasteiger partial charge in [-0.25, -0.2) is 8.78 Å². The summed E-state index contributed by atoms with van der Waals surface area (Å²) in [5.74, 6) is 0.156. The quantitative estimate of drug-likeness (QED) is 0.867. The maximum absolute atomic E-state index is 14.2. The van der Waals surface area contributed by atoms with Crippen molar-refractivity contribution in [1.29, 1.82) is 0 Å². The van der Waals surface area contributed by atoms with E-state index in [1.165, 1.54) is 18.2 Å². The van der Waals surface area contributed by atoms with Crippen molar-refractivity contribution in [2.45, 2.75) is 31.1 Å². The van der Waals surface area contributed by atoms with E-state index in [0.29, 0.717) is 48.1 Å². The molecule has 0 saturated carbocycles. The smallest absolute Gasteiger partial charge is 0.126 e. The minimum Gasteiger partial charge on any atom is -0.508 e. The van der Waals surface area contributed by atoms with Crippen molar-refractivity contribution in [3.8, 4) is 11.5 Å². The van der Waals surface area contributed by atoms with E-state index in [1.807, 2.05) is 0 Å². The molecular formula is C18H16F2O2. The summed E-state index contributed by atoms with van der Waals surface area (Å²) in [6, 6.07) is 5.73. The summed E-state index contributed by atoms with van der Waals surface area (Å²) < 4.78 is 33.8. The fourth-order valence-electron chi connectivity index (χ4n) is 4.36. The maximum Gasteiger partial charge on any atom is 0.126 e. The van der Waals surface area contributed by atoms with Crippen LogP contribution in [0.5, 0.6) is 11.5 Å². The third-order valence-electron chi connectivity index (χ3n) is 5.23. The van der Waals surface area contributed by atoms with E-state index < -0.39 is 5.41 Å². The largest absolute Gasteiger partial charge is 0.508 e. The van der Waals surface area contributed by atoms with Crippen LogP contribution in [0, 0.1) is 11.6 Å². The highest BCUT2D eigenvalue weighted by atomic mass is 19.1. The number of phenolic OH excluding ortho intramolecular Hbond substituents is 1. The van der Waals surface area contributed by atoms with Gasteiger partial charge in [-0.05, 0) is 61.1 Å². The molecule has 2 aromatic carbocycles. The molecule has 4 heteroatoms. The number of hydrogen-bond acceptors (Lipinski definition) is 2. The molecule has 1 unspecified atom stereocenters. The Hall–Kier alpha value is -2.10. The molecule has 0 aliphatic heterocycles. The Bertz CT molecular complexity index is 781. The van der Waals surface area contributed by atoms with E-state index >= 15 is 0 Å². The van der Waals surface area contributed by atoms with Gasteiger partial charge in [-0.15, -0.1) is 0 Å². The number of fused-ring (bicyclic) bond motifs is 4. The highest BCUT2D eigenvalue weighted by Gasteiger charge is 2.49. The van der Waals surface area contributed by atoms with Crippen LogP contribution in [0.3, 0.4) is 0 Å². The van der Waals surface area contributed by atoms with Gasteiger partial charge in [0.2, 0.25) is 0 Å². The minimum absolute atomic E-state index is 0.0908. The molecule has 0 amide bonds. The van der Waals surface area contributed by atoms with E-state index in [9.17, 15) is 13.9 Å². The number of rotatable bonds is 1. The first-order valence-electron chi connectivity index (χ1n) is 7.45. The predicted octanol–water partition coefficient (Wildman–Crippen LogP) is 3.86. The molecule has 4 rings (SSSR count). The van der Waals surface area contributed by atoms with Crippen LogP contribution in [0.15, 0.2) is 24.3 Å². The van der Waals surface area contributed by atoms with Crippen molar-refractivity contribution >= 4 is 0 Å². The maximum atomic E-state index is 14.2. The lowest BCUT2D eigenvalue weighted by atomic mass is 9.76. The van der Waals surface area contributed by atoms with Crippen molar-refractivity contribution in [3.63, 3.8) is 0 Å². The molecule has 0 heterocycles. The number of ether oxygens (including phenoxy) is 1. The lowest BCUT2D eigenvalue weighted by Crippen LogP contribution is -2.22. The first kappa shape index (κ1) is 13.6. The van der Waals surface area contributed by atoms with Crippen molar-refractivity contribution < 1.29 is 18.6 Å². The third-order valence-corrected chi connectivity index (χ3v) is 5.23. The highest BCUT2D eigenvalue weighted by Crippen LogP contribution is 2.58. The molecule has 2 nitrogen and oxygen atoms in total. The molecule has 0 saturated heterocycles. The second kappa shape index (κ2) is 4.45. The van der Waals surface area contributed by atoms with Gasteiger partial charge < -0.3 is 9.84 Å². The SMILES string of the molecule is COc1ccc(F)c2c1C1(CCc3c(F)ccc(O)c31)CC2. The number of benzene rings is 2. The van der Waals surface area contributed by atoms with Crippen molar-refractivity contribution in [3.05, 3.63) is 58.2 Å². The van der Waals surface area contributed by atoms with Gasteiger partial charge in [0, 0.05) is 16.5 Å². The number of hydrogen-bond donors (Lipinski definition) is 1. The summed E-state index contributed by atoms with van der Waals surface area (Å²) in [4.78, 5) is 0. The van der Waals surface area contributed by atoms with E-state index in [2.05, 4.69) is 0 Å². The summed E-state index contributed by atoms with van der Waals surface area (Å²) in [6.45, 7) is 0. The topological polar surface area (TPSA) is 29.5 Å². The highest BCUT2D eigenvalue weighted by molar-refractivity contribution is 5.62. The van der Waals surface area contributed by atoms with Crippen LogP contribution < -0.4 is 4.74 Å². The van der Waals surface area contributed by atoms with Crippen LogP contribution >= 0.6 is 0 Å². The monoisotopic (exact) mass is 302 g/mol. The average Bonchev–Trinajstić information content (AvgIpc) is 3.09. The van der Waals surface area contributed by atoms with Crippen molar-refractivity contribution in [1.82, 2.24) is 0 Å². The van der Waals surface area contributed by atoms with Gasteiger partial charge >= 0.3 is 0 Å². The fourth-order valence-corrected chi connectivity index (χ4v) is 4.36. The van der Waals surface area contributed by atoms with E-state index in [1.54, 1.807) is 13.2 Å². The van der Waals surface area contributed by atoms with Crippen molar-refractivity contribution in [2.24, 2.45) is 0 Å². The van der Waals surface area contributed by atoms with Crippen LogP contribution in [0.25, 0.3) is 0 Å². The normalized spacial score (nSPS) is 22.0. The zero-order valence-electron chi connectivity index (χ0n) is 12.2. The molecule has 1 spiro atoms. The van der Waals surface area contributed by atoms with Gasteiger partial charge in [0.1, 0.15) is 23.1 Å². The molecule has 1 N–H and O–H groups in total. The van der Waals surface area contributed by atoms with Crippen LogP contribution in [0.2, 0.25) is 0 Å². The molecule has 1 atom stereocenters. The van der Waals surface area contributed by atoms with Crippen molar-refractivity contribution in [2.75, 3.05) is 7.11 Å². The molecule has 2 aliphatic rings. The van der Waals surface area contributed by atoms with Gasteiger partial charge in [-0.1, -0.05) is 0 Å². The van der Waals surface area contributed by atoms with Crippen LogP contribution in [0.4, 0.5) is 8.78 Å². The zero-order chi connectivity index (χ0) is 15.5. The first-order chi connectivity index (χ1) is 10.6. The predicted molar refractivity (Wildman–Crippen MR) is 78.4 cm³/mol. The van der Waals surface area contributed by atoms with Crippen LogP contribution in [0.1, 0.15) is 35.1 Å². The molecule has 0 fully saturated rings. The molecule has 22 heavy (non-hydrogen) atoms. The lowest BCUT2D eigenvalue weighted by molar-refractivity contribution is 0.387. The van der Waals surface area contributed by atoms with Gasteiger partial charge in [0.25, 0.3) is 0 Å². The van der Waals surface area contributed by atoms with E-state index in [4.69, 9.17) is 4.74 Å². The molecule has 0 aromatic heterocycles. The van der Waals surface area contributed by atoms with Gasteiger partial charge in [-0.3, -0.25) is 0 Å². The Kier molecular flexibility index (Phi) is 2.74. The lowest BCUT2D eigenvalue weighted by Gasteiger charge is -2.28. The number of methoxy groups -OCH3 is 1. The van der Waals surface area contributed by atoms with Gasteiger partial charge in [-0.2, -0.15) is 0 Å². The summed E-state index contributed by atoms with van der Waals surface area (Å²) in [7, 11) is 1.56. The molecular weight excluding hydrogens is 286 g/mol. The fraction of sp³-hybridized carbons (Fsp3) is 0.333. The summed E-state index contributed by atoms with van der Waals surface area (Å²) in [6.07, 6.45) is 2.47. The minimum atomic E-state index is -0.537. The average molecular weight is 302 g/mol. The van der Waals surface area contributed by atoms with Gasteiger partial charge in [0.05, 0.1) is 7.11 Å². The zero-order valence-corrected chi connectivity index (χ0v) is 12.2.